The maximum absolute atomic E-state index is 12.2. The Kier molecular flexibility index (Phi) is 4.54. The molecular formula is C14H20ClNO2S. The summed E-state index contributed by atoms with van der Waals surface area (Å²) in [6, 6.07) is 6.94. The summed E-state index contributed by atoms with van der Waals surface area (Å²) in [6.07, 6.45) is 4.16. The van der Waals surface area contributed by atoms with E-state index in [1.807, 2.05) is 12.1 Å². The van der Waals surface area contributed by atoms with Gasteiger partial charge in [-0.2, -0.15) is 0 Å². The molecule has 1 aromatic carbocycles. The minimum absolute atomic E-state index is 0.144. The van der Waals surface area contributed by atoms with Crippen LogP contribution in [0.5, 0.6) is 0 Å². The second-order valence-corrected chi connectivity index (χ2v) is 7.72. The molecule has 0 amide bonds. The third kappa shape index (κ3) is 3.71. The van der Waals surface area contributed by atoms with Gasteiger partial charge in [0, 0.05) is 12.4 Å². The number of sulfonamides is 1. The van der Waals surface area contributed by atoms with E-state index in [0.29, 0.717) is 17.3 Å². The molecule has 1 fully saturated rings. The van der Waals surface area contributed by atoms with E-state index in [1.54, 1.807) is 12.1 Å². The van der Waals surface area contributed by atoms with Crippen LogP contribution in [0.2, 0.25) is 0 Å². The van der Waals surface area contributed by atoms with Gasteiger partial charge < -0.3 is 0 Å². The molecule has 1 saturated carbocycles. The monoisotopic (exact) mass is 301 g/mol. The van der Waals surface area contributed by atoms with Gasteiger partial charge in [0.05, 0.1) is 4.90 Å². The molecule has 0 bridgehead atoms. The Balaban J connectivity index is 2.02. The number of rotatable bonds is 6. The first-order chi connectivity index (χ1) is 8.95. The molecule has 0 unspecified atom stereocenters. The van der Waals surface area contributed by atoms with Crippen LogP contribution >= 0.6 is 11.6 Å². The molecule has 0 aliphatic heterocycles. The molecule has 2 rings (SSSR count). The lowest BCUT2D eigenvalue weighted by Gasteiger charge is -2.38. The molecule has 3 nitrogen and oxygen atoms in total. The first-order valence-corrected chi connectivity index (χ1v) is 8.62. The molecule has 0 spiro atoms. The lowest BCUT2D eigenvalue weighted by molar-refractivity contribution is 0.166. The van der Waals surface area contributed by atoms with Gasteiger partial charge in [-0.1, -0.05) is 25.5 Å². The number of benzene rings is 1. The standard InChI is InChI=1S/C14H20ClNO2S/c1-14(8-2-9-14)11-16-19(17,18)13-5-3-12(4-6-13)7-10-15/h3-6,16H,2,7-11H2,1H3. The lowest BCUT2D eigenvalue weighted by atomic mass is 9.71. The highest BCUT2D eigenvalue weighted by molar-refractivity contribution is 7.89. The first kappa shape index (κ1) is 14.8. The Morgan fingerprint density at radius 3 is 2.37 bits per heavy atom. The van der Waals surface area contributed by atoms with Gasteiger partial charge >= 0.3 is 0 Å². The fourth-order valence-electron chi connectivity index (χ4n) is 2.25. The maximum atomic E-state index is 12.2. The Bertz CT molecular complexity index is 521. The number of aryl methyl sites for hydroxylation is 1. The lowest BCUT2D eigenvalue weighted by Crippen LogP contribution is -2.39. The summed E-state index contributed by atoms with van der Waals surface area (Å²) in [7, 11) is -3.38. The molecule has 1 aromatic rings. The molecule has 0 saturated heterocycles. The zero-order valence-electron chi connectivity index (χ0n) is 11.2. The van der Waals surface area contributed by atoms with Crippen LogP contribution in [0, 0.1) is 5.41 Å². The topological polar surface area (TPSA) is 46.2 Å². The largest absolute Gasteiger partial charge is 0.240 e. The molecule has 0 radical (unpaired) electrons. The van der Waals surface area contributed by atoms with Crippen molar-refractivity contribution in [2.75, 3.05) is 12.4 Å². The van der Waals surface area contributed by atoms with E-state index < -0.39 is 10.0 Å². The van der Waals surface area contributed by atoms with Crippen molar-refractivity contribution < 1.29 is 8.42 Å². The summed E-state index contributed by atoms with van der Waals surface area (Å²) < 4.78 is 27.0. The number of hydrogen-bond donors (Lipinski definition) is 1. The number of alkyl halides is 1. The van der Waals surface area contributed by atoms with Crippen LogP contribution in [0.3, 0.4) is 0 Å². The van der Waals surface area contributed by atoms with Crippen molar-refractivity contribution in [1.82, 2.24) is 4.72 Å². The summed E-state index contributed by atoms with van der Waals surface area (Å²) in [5.74, 6) is 0.544. The SMILES string of the molecule is CC1(CNS(=O)(=O)c2ccc(CCCl)cc2)CCC1. The number of halogens is 1. The zero-order chi connectivity index (χ0) is 13.9. The van der Waals surface area contributed by atoms with Gasteiger partial charge in [-0.15, -0.1) is 11.6 Å². The molecule has 1 aliphatic rings. The number of nitrogens with one attached hydrogen (secondary N) is 1. The van der Waals surface area contributed by atoms with Gasteiger partial charge in [-0.05, 0) is 42.4 Å². The Morgan fingerprint density at radius 1 is 1.26 bits per heavy atom. The molecule has 1 N–H and O–H groups in total. The fraction of sp³-hybridized carbons (Fsp3) is 0.571. The van der Waals surface area contributed by atoms with E-state index in [1.165, 1.54) is 6.42 Å². The minimum Gasteiger partial charge on any atom is -0.211 e. The number of hydrogen-bond acceptors (Lipinski definition) is 2. The molecule has 0 atom stereocenters. The normalized spacial score (nSPS) is 18.0. The highest BCUT2D eigenvalue weighted by Gasteiger charge is 2.32. The molecular weight excluding hydrogens is 282 g/mol. The van der Waals surface area contributed by atoms with Crippen LogP contribution in [0.1, 0.15) is 31.7 Å². The highest BCUT2D eigenvalue weighted by Crippen LogP contribution is 2.39. The molecule has 5 heteroatoms. The van der Waals surface area contributed by atoms with Crippen molar-refractivity contribution in [1.29, 1.82) is 0 Å². The van der Waals surface area contributed by atoms with Gasteiger partial charge in [-0.3, -0.25) is 0 Å². The van der Waals surface area contributed by atoms with Crippen molar-refractivity contribution in [2.24, 2.45) is 5.41 Å². The van der Waals surface area contributed by atoms with Crippen molar-refractivity contribution in [2.45, 2.75) is 37.5 Å². The van der Waals surface area contributed by atoms with Crippen LogP contribution in [-0.2, 0) is 16.4 Å². The van der Waals surface area contributed by atoms with E-state index >= 15 is 0 Å². The first-order valence-electron chi connectivity index (χ1n) is 6.60. The second kappa shape index (κ2) is 5.81. The van der Waals surface area contributed by atoms with Crippen molar-refractivity contribution in [3.8, 4) is 0 Å². The summed E-state index contributed by atoms with van der Waals surface area (Å²) in [4.78, 5) is 0.328. The highest BCUT2D eigenvalue weighted by atomic mass is 35.5. The quantitative estimate of drug-likeness (QED) is 0.821. The Labute approximate surface area is 120 Å². The third-order valence-corrected chi connectivity index (χ3v) is 5.47. The predicted molar refractivity (Wildman–Crippen MR) is 78.0 cm³/mol. The molecule has 19 heavy (non-hydrogen) atoms. The predicted octanol–water partition coefficient (Wildman–Crippen LogP) is 2.94. The smallest absolute Gasteiger partial charge is 0.211 e. The fourth-order valence-corrected chi connectivity index (χ4v) is 3.67. The summed E-state index contributed by atoms with van der Waals surface area (Å²) in [6.45, 7) is 2.65. The van der Waals surface area contributed by atoms with Gasteiger partial charge in [0.2, 0.25) is 10.0 Å². The summed E-state index contributed by atoms with van der Waals surface area (Å²) in [5.41, 5.74) is 1.20. The summed E-state index contributed by atoms with van der Waals surface area (Å²) >= 11 is 5.66. The average molecular weight is 302 g/mol. The van der Waals surface area contributed by atoms with Crippen LogP contribution in [0.15, 0.2) is 29.2 Å². The van der Waals surface area contributed by atoms with Crippen LogP contribution in [0.4, 0.5) is 0 Å². The van der Waals surface area contributed by atoms with E-state index in [0.717, 1.165) is 24.8 Å². The van der Waals surface area contributed by atoms with Crippen molar-refractivity contribution >= 4 is 21.6 Å². The van der Waals surface area contributed by atoms with Gasteiger partial charge in [-0.25, -0.2) is 13.1 Å². The van der Waals surface area contributed by atoms with Crippen molar-refractivity contribution in [3.05, 3.63) is 29.8 Å². The second-order valence-electron chi connectivity index (χ2n) is 5.57. The van der Waals surface area contributed by atoms with E-state index in [4.69, 9.17) is 11.6 Å². The average Bonchev–Trinajstić information content (AvgIpc) is 2.35. The maximum Gasteiger partial charge on any atom is 0.240 e. The third-order valence-electron chi connectivity index (χ3n) is 3.87. The zero-order valence-corrected chi connectivity index (χ0v) is 12.7. The van der Waals surface area contributed by atoms with Crippen LogP contribution in [0.25, 0.3) is 0 Å². The van der Waals surface area contributed by atoms with Crippen molar-refractivity contribution in [3.63, 3.8) is 0 Å². The van der Waals surface area contributed by atoms with Crippen LogP contribution in [-0.4, -0.2) is 20.8 Å². The molecule has 1 aliphatic carbocycles. The van der Waals surface area contributed by atoms with Crippen LogP contribution < -0.4 is 4.72 Å². The van der Waals surface area contributed by atoms with E-state index in [-0.39, 0.29) is 5.41 Å². The van der Waals surface area contributed by atoms with E-state index in [2.05, 4.69) is 11.6 Å². The molecule has 0 aromatic heterocycles. The Hall–Kier alpha value is -0.580. The van der Waals surface area contributed by atoms with Gasteiger partial charge in [0.1, 0.15) is 0 Å². The van der Waals surface area contributed by atoms with Gasteiger partial charge in [0.25, 0.3) is 0 Å². The molecule has 106 valence electrons. The minimum atomic E-state index is -3.38. The summed E-state index contributed by atoms with van der Waals surface area (Å²) in [5, 5.41) is 0. The molecule has 0 heterocycles. The Morgan fingerprint density at radius 2 is 1.89 bits per heavy atom. The van der Waals surface area contributed by atoms with E-state index in [9.17, 15) is 8.42 Å². The van der Waals surface area contributed by atoms with Gasteiger partial charge in [0.15, 0.2) is 0 Å².